The van der Waals surface area contributed by atoms with Crippen LogP contribution in [0.1, 0.15) is 63.4 Å². The van der Waals surface area contributed by atoms with Gasteiger partial charge in [0.05, 0.1) is 24.7 Å². The second-order valence-corrected chi connectivity index (χ2v) is 10.1. The molecule has 0 spiro atoms. The number of aryl methyl sites for hydroxylation is 1. The molecular weight excluding hydrogens is 448 g/mol. The van der Waals surface area contributed by atoms with Crippen LogP contribution >= 0.6 is 0 Å². The van der Waals surface area contributed by atoms with Gasteiger partial charge in [0, 0.05) is 13.2 Å². The molecule has 0 aliphatic carbocycles. The zero-order valence-corrected chi connectivity index (χ0v) is 20.6. The Morgan fingerprint density at radius 1 is 1.12 bits per heavy atom. The number of rotatable bonds is 15. The van der Waals surface area contributed by atoms with Crippen molar-refractivity contribution in [3.63, 3.8) is 0 Å². The molecule has 1 aromatic rings. The van der Waals surface area contributed by atoms with E-state index in [0.29, 0.717) is 19.4 Å². The van der Waals surface area contributed by atoms with Gasteiger partial charge in [-0.15, -0.1) is 0 Å². The van der Waals surface area contributed by atoms with Crippen molar-refractivity contribution in [2.75, 3.05) is 26.9 Å². The Kier molecular flexibility index (Phi) is 12.3. The molecule has 0 bridgehead atoms. The van der Waals surface area contributed by atoms with Gasteiger partial charge < -0.3 is 19.3 Å². The van der Waals surface area contributed by atoms with Crippen molar-refractivity contribution in [1.29, 1.82) is 0 Å². The molecule has 1 N–H and O–H groups in total. The number of hydrogen-bond donors (Lipinski definition) is 1. The quantitative estimate of drug-likeness (QED) is 0.227. The SMILES string of the molecule is COC(=O)C(COS(=O)(=O)c1ccc(C)cc1)C(O)CCCCCCCOC1CCCCO1. The van der Waals surface area contributed by atoms with Crippen molar-refractivity contribution in [1.82, 2.24) is 0 Å². The van der Waals surface area contributed by atoms with Gasteiger partial charge in [0.2, 0.25) is 0 Å². The van der Waals surface area contributed by atoms with Gasteiger partial charge in [-0.1, -0.05) is 43.4 Å². The first kappa shape index (κ1) is 27.7. The zero-order chi connectivity index (χ0) is 24.1. The van der Waals surface area contributed by atoms with Crippen LogP contribution in [0.2, 0.25) is 0 Å². The topological polar surface area (TPSA) is 108 Å². The maximum Gasteiger partial charge on any atom is 0.313 e. The van der Waals surface area contributed by atoms with E-state index in [1.807, 2.05) is 6.92 Å². The maximum atomic E-state index is 12.4. The van der Waals surface area contributed by atoms with E-state index in [0.717, 1.165) is 57.1 Å². The summed E-state index contributed by atoms with van der Waals surface area (Å²) < 4.78 is 45.9. The lowest BCUT2D eigenvalue weighted by molar-refractivity contribution is -0.162. The number of esters is 1. The molecule has 33 heavy (non-hydrogen) atoms. The molecule has 1 aliphatic heterocycles. The van der Waals surface area contributed by atoms with Crippen LogP contribution in [-0.4, -0.2) is 58.8 Å². The maximum absolute atomic E-state index is 12.4. The van der Waals surface area contributed by atoms with Gasteiger partial charge in [0.25, 0.3) is 10.1 Å². The Morgan fingerprint density at radius 3 is 2.48 bits per heavy atom. The van der Waals surface area contributed by atoms with Gasteiger partial charge in [0.1, 0.15) is 5.92 Å². The monoisotopic (exact) mass is 486 g/mol. The first-order valence-corrected chi connectivity index (χ1v) is 13.2. The molecule has 188 valence electrons. The third-order valence-electron chi connectivity index (χ3n) is 5.77. The van der Waals surface area contributed by atoms with E-state index in [2.05, 4.69) is 0 Å². The van der Waals surface area contributed by atoms with Crippen molar-refractivity contribution in [2.24, 2.45) is 5.92 Å². The molecular formula is C24H38O8S. The number of unbranched alkanes of at least 4 members (excludes halogenated alkanes) is 4. The molecule has 0 radical (unpaired) electrons. The molecule has 3 atom stereocenters. The molecule has 1 saturated heterocycles. The summed E-state index contributed by atoms with van der Waals surface area (Å²) in [5.41, 5.74) is 0.919. The standard InChI is InChI=1S/C24H38O8S/c1-19-12-14-20(15-13-19)33(27,28)32-18-21(24(26)29-2)22(25)10-6-4-3-5-8-16-30-23-11-7-9-17-31-23/h12-15,21-23,25H,3-11,16-18H2,1-2H3. The van der Waals surface area contributed by atoms with Crippen LogP contribution in [0.25, 0.3) is 0 Å². The van der Waals surface area contributed by atoms with Crippen LogP contribution < -0.4 is 0 Å². The first-order chi connectivity index (χ1) is 15.8. The molecule has 2 rings (SSSR count). The zero-order valence-electron chi connectivity index (χ0n) is 19.7. The van der Waals surface area contributed by atoms with Crippen molar-refractivity contribution in [3.05, 3.63) is 29.8 Å². The predicted octanol–water partition coefficient (Wildman–Crippen LogP) is 3.73. The van der Waals surface area contributed by atoms with Gasteiger partial charge in [0.15, 0.2) is 6.29 Å². The molecule has 1 fully saturated rings. The summed E-state index contributed by atoms with van der Waals surface area (Å²) in [6.45, 7) is 2.85. The third kappa shape index (κ3) is 10.1. The summed E-state index contributed by atoms with van der Waals surface area (Å²) in [6.07, 6.45) is 7.06. The summed E-state index contributed by atoms with van der Waals surface area (Å²) in [5, 5.41) is 10.5. The molecule has 1 aliphatic rings. The number of aliphatic hydroxyl groups is 1. The van der Waals surface area contributed by atoms with E-state index in [1.165, 1.54) is 19.2 Å². The lowest BCUT2D eigenvalue weighted by atomic mass is 9.97. The average molecular weight is 487 g/mol. The molecule has 3 unspecified atom stereocenters. The fraction of sp³-hybridized carbons (Fsp3) is 0.708. The van der Waals surface area contributed by atoms with Gasteiger partial charge in [-0.3, -0.25) is 8.98 Å². The molecule has 9 heteroatoms. The Bertz CT molecular complexity index is 787. The summed E-state index contributed by atoms with van der Waals surface area (Å²) in [5.74, 6) is -1.76. The van der Waals surface area contributed by atoms with Crippen molar-refractivity contribution < 1.29 is 36.7 Å². The highest BCUT2D eigenvalue weighted by Crippen LogP contribution is 2.20. The summed E-state index contributed by atoms with van der Waals surface area (Å²) in [7, 11) is -2.83. The lowest BCUT2D eigenvalue weighted by Crippen LogP contribution is -2.34. The van der Waals surface area contributed by atoms with Gasteiger partial charge in [-0.2, -0.15) is 8.42 Å². The Labute approximate surface area is 197 Å². The molecule has 0 saturated carbocycles. The minimum absolute atomic E-state index is 0.00485. The second-order valence-electron chi connectivity index (χ2n) is 8.47. The van der Waals surface area contributed by atoms with Crippen molar-refractivity contribution in [2.45, 2.75) is 82.0 Å². The minimum Gasteiger partial charge on any atom is -0.469 e. The lowest BCUT2D eigenvalue weighted by Gasteiger charge is -2.22. The summed E-state index contributed by atoms with van der Waals surface area (Å²) >= 11 is 0. The predicted molar refractivity (Wildman–Crippen MR) is 123 cm³/mol. The number of carbonyl (C=O) groups is 1. The number of hydrogen-bond acceptors (Lipinski definition) is 8. The summed E-state index contributed by atoms with van der Waals surface area (Å²) in [4.78, 5) is 12.1. The van der Waals surface area contributed by atoms with Gasteiger partial charge in [-0.25, -0.2) is 0 Å². The number of aliphatic hydroxyl groups excluding tert-OH is 1. The minimum atomic E-state index is -4.03. The first-order valence-electron chi connectivity index (χ1n) is 11.8. The average Bonchev–Trinajstić information content (AvgIpc) is 2.81. The Balaban J connectivity index is 1.67. The smallest absolute Gasteiger partial charge is 0.313 e. The Morgan fingerprint density at radius 2 is 1.82 bits per heavy atom. The third-order valence-corrected chi connectivity index (χ3v) is 7.06. The molecule has 1 heterocycles. The fourth-order valence-electron chi connectivity index (χ4n) is 3.67. The molecule has 0 amide bonds. The van der Waals surface area contributed by atoms with Crippen LogP contribution in [0.3, 0.4) is 0 Å². The number of benzene rings is 1. The Hall–Kier alpha value is -1.52. The molecule has 0 aromatic heterocycles. The van der Waals surface area contributed by atoms with E-state index in [1.54, 1.807) is 12.1 Å². The van der Waals surface area contributed by atoms with Crippen LogP contribution in [0.5, 0.6) is 0 Å². The van der Waals surface area contributed by atoms with E-state index in [4.69, 9.17) is 18.4 Å². The van der Waals surface area contributed by atoms with Crippen LogP contribution in [0, 0.1) is 12.8 Å². The van der Waals surface area contributed by atoms with Crippen molar-refractivity contribution >= 4 is 16.1 Å². The molecule has 8 nitrogen and oxygen atoms in total. The van der Waals surface area contributed by atoms with Crippen LogP contribution in [-0.2, 0) is 33.3 Å². The number of methoxy groups -OCH3 is 1. The summed E-state index contributed by atoms with van der Waals surface area (Å²) in [6, 6.07) is 6.22. The second kappa shape index (κ2) is 14.7. The van der Waals surface area contributed by atoms with E-state index in [9.17, 15) is 18.3 Å². The fourth-order valence-corrected chi connectivity index (χ4v) is 4.60. The normalized spacial score (nSPS) is 18.6. The van der Waals surface area contributed by atoms with Crippen LogP contribution in [0.15, 0.2) is 29.2 Å². The van der Waals surface area contributed by atoms with E-state index in [-0.39, 0.29) is 11.2 Å². The molecule has 1 aromatic carbocycles. The van der Waals surface area contributed by atoms with Crippen LogP contribution in [0.4, 0.5) is 0 Å². The van der Waals surface area contributed by atoms with Crippen molar-refractivity contribution in [3.8, 4) is 0 Å². The van der Waals surface area contributed by atoms with E-state index < -0.39 is 34.7 Å². The largest absolute Gasteiger partial charge is 0.469 e. The highest BCUT2D eigenvalue weighted by Gasteiger charge is 2.30. The highest BCUT2D eigenvalue weighted by atomic mass is 32.2. The number of ether oxygens (including phenoxy) is 3. The van der Waals surface area contributed by atoms with Gasteiger partial charge in [-0.05, 0) is 51.2 Å². The van der Waals surface area contributed by atoms with Gasteiger partial charge >= 0.3 is 5.97 Å². The van der Waals surface area contributed by atoms with E-state index >= 15 is 0 Å². The highest BCUT2D eigenvalue weighted by molar-refractivity contribution is 7.86. The number of carbonyl (C=O) groups excluding carboxylic acids is 1.